The molecule has 0 unspecified atom stereocenters. The highest BCUT2D eigenvalue weighted by atomic mass is 16.4. The number of benzene rings is 1. The number of hydrogen-bond donors (Lipinski definition) is 2. The Kier molecular flexibility index (Phi) is 3.92. The topological polar surface area (TPSA) is 110 Å². The molecule has 0 amide bonds. The number of nitrogens with one attached hydrogen (secondary N) is 1. The molecule has 0 spiro atoms. The summed E-state index contributed by atoms with van der Waals surface area (Å²) in [6, 6.07) is 10.2. The maximum atomic E-state index is 10.8. The summed E-state index contributed by atoms with van der Waals surface area (Å²) in [6.45, 7) is 2.04. The van der Waals surface area contributed by atoms with Crippen LogP contribution in [0.25, 0.3) is 0 Å². The summed E-state index contributed by atoms with van der Waals surface area (Å²) in [5.74, 6) is -0.703. The fourth-order valence-electron chi connectivity index (χ4n) is 1.84. The van der Waals surface area contributed by atoms with E-state index in [9.17, 15) is 4.79 Å². The predicted octanol–water partition coefficient (Wildman–Crippen LogP) is 2.64. The van der Waals surface area contributed by atoms with E-state index in [2.05, 4.69) is 5.32 Å². The molecule has 2 aromatic rings. The highest BCUT2D eigenvalue weighted by Crippen LogP contribution is 2.19. The quantitative estimate of drug-likeness (QED) is 0.891. The minimum absolute atomic E-state index is 0.109. The summed E-state index contributed by atoms with van der Waals surface area (Å²) >= 11 is 0. The van der Waals surface area contributed by atoms with Crippen LogP contribution < -0.4 is 5.32 Å². The molecule has 6 heteroatoms. The molecule has 0 fully saturated rings. The van der Waals surface area contributed by atoms with Gasteiger partial charge in [-0.25, -0.2) is 4.79 Å². The van der Waals surface area contributed by atoms with Gasteiger partial charge in [-0.1, -0.05) is 0 Å². The smallest absolute Gasteiger partial charge is 0.371 e. The normalized spacial score (nSPS) is 9.67. The van der Waals surface area contributed by atoms with Gasteiger partial charge in [-0.05, 0) is 31.2 Å². The fraction of sp³-hybridized carbons (Fsp3) is 0.133. The first kappa shape index (κ1) is 14.2. The van der Waals surface area contributed by atoms with Gasteiger partial charge in [-0.3, -0.25) is 0 Å². The van der Waals surface area contributed by atoms with Crippen molar-refractivity contribution >= 4 is 11.7 Å². The van der Waals surface area contributed by atoms with E-state index in [1.54, 1.807) is 25.1 Å². The minimum Gasteiger partial charge on any atom is -0.475 e. The lowest BCUT2D eigenvalue weighted by atomic mass is 10.1. The third kappa shape index (κ3) is 3.02. The molecule has 2 rings (SSSR count). The van der Waals surface area contributed by atoms with E-state index >= 15 is 0 Å². The van der Waals surface area contributed by atoms with Gasteiger partial charge in [-0.2, -0.15) is 10.5 Å². The van der Waals surface area contributed by atoms with Crippen molar-refractivity contribution in [3.8, 4) is 12.1 Å². The standard InChI is InChI=1S/C15H11N3O3/c1-9-12(5-14(21-9)15(19)20)8-18-13-3-2-10(6-16)11(4-13)7-17/h2-5,18H,8H2,1H3,(H,19,20). The van der Waals surface area contributed by atoms with E-state index in [1.165, 1.54) is 6.07 Å². The average molecular weight is 281 g/mol. The number of anilines is 1. The van der Waals surface area contributed by atoms with E-state index in [1.807, 2.05) is 12.1 Å². The zero-order valence-electron chi connectivity index (χ0n) is 11.2. The summed E-state index contributed by atoms with van der Waals surface area (Å²) in [7, 11) is 0. The SMILES string of the molecule is Cc1oc(C(=O)O)cc1CNc1ccc(C#N)c(C#N)c1. The summed E-state index contributed by atoms with van der Waals surface area (Å²) in [6.07, 6.45) is 0. The van der Waals surface area contributed by atoms with Crippen molar-refractivity contribution in [3.63, 3.8) is 0 Å². The minimum atomic E-state index is -1.12. The van der Waals surface area contributed by atoms with Gasteiger partial charge in [0, 0.05) is 17.8 Å². The van der Waals surface area contributed by atoms with Gasteiger partial charge in [0.25, 0.3) is 0 Å². The summed E-state index contributed by atoms with van der Waals surface area (Å²) in [4.78, 5) is 10.8. The van der Waals surface area contributed by atoms with Crippen LogP contribution in [0.2, 0.25) is 0 Å². The zero-order chi connectivity index (χ0) is 15.4. The molecular formula is C15H11N3O3. The number of carbonyl (C=O) groups is 1. The first-order valence-electron chi connectivity index (χ1n) is 6.06. The lowest BCUT2D eigenvalue weighted by Crippen LogP contribution is -2.00. The van der Waals surface area contributed by atoms with Gasteiger partial charge < -0.3 is 14.8 Å². The van der Waals surface area contributed by atoms with Crippen LogP contribution in [0.4, 0.5) is 5.69 Å². The number of rotatable bonds is 4. The fourth-order valence-corrected chi connectivity index (χ4v) is 1.84. The Bertz CT molecular complexity index is 778. The molecule has 0 saturated carbocycles. The van der Waals surface area contributed by atoms with E-state index in [4.69, 9.17) is 20.0 Å². The van der Waals surface area contributed by atoms with Gasteiger partial charge in [0.1, 0.15) is 17.9 Å². The Morgan fingerprint density at radius 3 is 2.57 bits per heavy atom. The number of aryl methyl sites for hydroxylation is 1. The Morgan fingerprint density at radius 1 is 1.29 bits per heavy atom. The van der Waals surface area contributed by atoms with Crippen molar-refractivity contribution in [2.75, 3.05) is 5.32 Å². The van der Waals surface area contributed by atoms with Gasteiger partial charge >= 0.3 is 5.97 Å². The molecule has 21 heavy (non-hydrogen) atoms. The van der Waals surface area contributed by atoms with Crippen molar-refractivity contribution in [2.24, 2.45) is 0 Å². The van der Waals surface area contributed by atoms with Crippen molar-refractivity contribution in [2.45, 2.75) is 13.5 Å². The van der Waals surface area contributed by atoms with E-state index in [0.29, 0.717) is 23.6 Å². The van der Waals surface area contributed by atoms with Crippen molar-refractivity contribution < 1.29 is 14.3 Å². The molecule has 6 nitrogen and oxygen atoms in total. The molecule has 1 aromatic heterocycles. The molecule has 0 atom stereocenters. The number of aromatic carboxylic acids is 1. The van der Waals surface area contributed by atoms with Gasteiger partial charge in [0.2, 0.25) is 5.76 Å². The van der Waals surface area contributed by atoms with Crippen molar-refractivity contribution in [3.05, 3.63) is 52.5 Å². The van der Waals surface area contributed by atoms with Crippen molar-refractivity contribution in [1.82, 2.24) is 0 Å². The average Bonchev–Trinajstić information content (AvgIpc) is 2.86. The maximum Gasteiger partial charge on any atom is 0.371 e. The largest absolute Gasteiger partial charge is 0.475 e. The highest BCUT2D eigenvalue weighted by Gasteiger charge is 2.13. The third-order valence-electron chi connectivity index (χ3n) is 2.97. The molecule has 1 heterocycles. The summed E-state index contributed by atoms with van der Waals surface area (Å²) < 4.78 is 5.11. The zero-order valence-corrected chi connectivity index (χ0v) is 11.2. The molecule has 0 aliphatic heterocycles. The third-order valence-corrected chi connectivity index (χ3v) is 2.97. The van der Waals surface area contributed by atoms with E-state index in [-0.39, 0.29) is 11.3 Å². The predicted molar refractivity (Wildman–Crippen MR) is 73.6 cm³/mol. The second kappa shape index (κ2) is 5.81. The van der Waals surface area contributed by atoms with Crippen LogP contribution in [0.3, 0.4) is 0 Å². The van der Waals surface area contributed by atoms with Crippen LogP contribution in [0.1, 0.15) is 33.0 Å². The number of hydrogen-bond acceptors (Lipinski definition) is 5. The lowest BCUT2D eigenvalue weighted by molar-refractivity contribution is 0.0661. The second-order valence-corrected chi connectivity index (χ2v) is 4.33. The van der Waals surface area contributed by atoms with E-state index in [0.717, 1.165) is 5.56 Å². The molecule has 0 aliphatic rings. The molecule has 0 radical (unpaired) electrons. The highest BCUT2D eigenvalue weighted by molar-refractivity contribution is 5.84. The number of furan rings is 1. The Labute approximate surface area is 120 Å². The van der Waals surface area contributed by atoms with E-state index < -0.39 is 5.97 Å². The van der Waals surface area contributed by atoms with Crippen LogP contribution >= 0.6 is 0 Å². The van der Waals surface area contributed by atoms with Crippen LogP contribution in [-0.2, 0) is 6.54 Å². The Balaban J connectivity index is 2.16. The molecule has 0 bridgehead atoms. The first-order valence-corrected chi connectivity index (χ1v) is 6.06. The molecule has 0 aliphatic carbocycles. The number of carboxylic acids is 1. The number of carboxylic acid groups (broad SMARTS) is 1. The van der Waals surface area contributed by atoms with Crippen LogP contribution in [-0.4, -0.2) is 11.1 Å². The van der Waals surface area contributed by atoms with Crippen molar-refractivity contribution in [1.29, 1.82) is 10.5 Å². The Morgan fingerprint density at radius 2 is 2.00 bits per heavy atom. The number of nitriles is 2. The van der Waals surface area contributed by atoms with Gasteiger partial charge in [0.15, 0.2) is 0 Å². The second-order valence-electron chi connectivity index (χ2n) is 4.33. The van der Waals surface area contributed by atoms with Crippen LogP contribution in [0.5, 0.6) is 0 Å². The Hall–Kier alpha value is -3.25. The van der Waals surface area contributed by atoms with Gasteiger partial charge in [-0.15, -0.1) is 0 Å². The molecular weight excluding hydrogens is 270 g/mol. The molecule has 0 saturated heterocycles. The maximum absolute atomic E-state index is 10.8. The van der Waals surface area contributed by atoms with Crippen LogP contribution in [0, 0.1) is 29.6 Å². The summed E-state index contributed by atoms with van der Waals surface area (Å²) in [5.41, 5.74) is 1.99. The molecule has 104 valence electrons. The summed E-state index contributed by atoms with van der Waals surface area (Å²) in [5, 5.41) is 29.7. The lowest BCUT2D eigenvalue weighted by Gasteiger charge is -2.06. The molecule has 1 aromatic carbocycles. The first-order chi connectivity index (χ1) is 10.0. The monoisotopic (exact) mass is 281 g/mol. The van der Waals surface area contributed by atoms with Gasteiger partial charge in [0.05, 0.1) is 11.1 Å². The van der Waals surface area contributed by atoms with Crippen LogP contribution in [0.15, 0.2) is 28.7 Å². The molecule has 2 N–H and O–H groups in total. The number of nitrogens with zero attached hydrogens (tertiary/aromatic N) is 2.